The lowest BCUT2D eigenvalue weighted by Crippen LogP contribution is -2.29. The number of hydrogen-bond acceptors (Lipinski definition) is 3. The second-order valence-corrected chi connectivity index (χ2v) is 6.10. The van der Waals surface area contributed by atoms with Gasteiger partial charge in [0.25, 0.3) is 0 Å². The van der Waals surface area contributed by atoms with E-state index in [9.17, 15) is 5.11 Å². The molecule has 0 amide bonds. The smallest absolute Gasteiger partial charge is 0.0761 e. The summed E-state index contributed by atoms with van der Waals surface area (Å²) in [4.78, 5) is 3.74. The van der Waals surface area contributed by atoms with Crippen LogP contribution in [0, 0.1) is 0 Å². The summed E-state index contributed by atoms with van der Waals surface area (Å²) in [5, 5.41) is 11.7. The Balaban J connectivity index is 2.19. The highest BCUT2D eigenvalue weighted by atomic mass is 32.1. The van der Waals surface area contributed by atoms with E-state index < -0.39 is 6.10 Å². The summed E-state index contributed by atoms with van der Waals surface area (Å²) in [5.41, 5.74) is 2.16. The first kappa shape index (κ1) is 14.1. The molecule has 2 rings (SSSR count). The van der Waals surface area contributed by atoms with Crippen molar-refractivity contribution in [3.8, 4) is 0 Å². The molecule has 0 aliphatic rings. The number of hydrogen-bond donors (Lipinski definition) is 1. The summed E-state index contributed by atoms with van der Waals surface area (Å²) in [6.45, 7) is 7.14. The number of thiophene rings is 1. The number of aliphatic hydroxyl groups is 1. The van der Waals surface area contributed by atoms with Crippen LogP contribution in [0.3, 0.4) is 0 Å². The Morgan fingerprint density at radius 3 is 2.26 bits per heavy atom. The molecule has 1 N–H and O–H groups in total. The van der Waals surface area contributed by atoms with Gasteiger partial charge in [0.1, 0.15) is 0 Å². The van der Waals surface area contributed by atoms with Crippen LogP contribution >= 0.6 is 11.3 Å². The van der Waals surface area contributed by atoms with Gasteiger partial charge in [-0.15, -0.1) is 11.3 Å². The van der Waals surface area contributed by atoms with Gasteiger partial charge in [-0.2, -0.15) is 0 Å². The summed E-state index contributed by atoms with van der Waals surface area (Å²) in [5.74, 6) is 0. The first-order chi connectivity index (χ1) is 9.08. The van der Waals surface area contributed by atoms with Gasteiger partial charge in [-0.3, -0.25) is 0 Å². The summed E-state index contributed by atoms with van der Waals surface area (Å²) >= 11 is 1.79. The molecule has 0 radical (unpaired) electrons. The Morgan fingerprint density at radius 1 is 1.11 bits per heavy atom. The number of aliphatic hydroxyl groups excluding tert-OH is 1. The van der Waals surface area contributed by atoms with Crippen molar-refractivity contribution in [1.82, 2.24) is 0 Å². The molecule has 2 aromatic rings. The van der Waals surface area contributed by atoms with Crippen LogP contribution in [0.25, 0.3) is 0 Å². The second kappa shape index (κ2) is 6.22. The van der Waals surface area contributed by atoms with Crippen molar-refractivity contribution >= 4 is 17.0 Å². The Bertz CT molecular complexity index is 488. The topological polar surface area (TPSA) is 23.5 Å². The van der Waals surface area contributed by atoms with Crippen molar-refractivity contribution in [2.45, 2.75) is 39.5 Å². The SMILES string of the molecule is CC(O)c1ccc(N(Cc2cccs2)C(C)C)cc1. The Labute approximate surface area is 119 Å². The largest absolute Gasteiger partial charge is 0.389 e. The number of nitrogens with zero attached hydrogens (tertiary/aromatic N) is 1. The van der Waals surface area contributed by atoms with Crippen LogP contribution in [0.2, 0.25) is 0 Å². The van der Waals surface area contributed by atoms with Gasteiger partial charge >= 0.3 is 0 Å². The fraction of sp³-hybridized carbons (Fsp3) is 0.375. The molecule has 0 saturated carbocycles. The molecule has 0 saturated heterocycles. The number of benzene rings is 1. The quantitative estimate of drug-likeness (QED) is 0.883. The first-order valence-corrected chi connectivity index (χ1v) is 7.53. The summed E-state index contributed by atoms with van der Waals surface area (Å²) in [6, 6.07) is 12.9. The van der Waals surface area contributed by atoms with Crippen molar-refractivity contribution in [3.63, 3.8) is 0 Å². The average molecular weight is 275 g/mol. The molecule has 2 nitrogen and oxygen atoms in total. The number of rotatable bonds is 5. The molecule has 0 spiro atoms. The highest BCUT2D eigenvalue weighted by Gasteiger charge is 2.12. The average Bonchev–Trinajstić information content (AvgIpc) is 2.88. The van der Waals surface area contributed by atoms with E-state index in [-0.39, 0.29) is 0 Å². The summed E-state index contributed by atoms with van der Waals surface area (Å²) in [6.07, 6.45) is -0.404. The normalized spacial score (nSPS) is 12.7. The fourth-order valence-electron chi connectivity index (χ4n) is 2.09. The molecule has 1 heterocycles. The van der Waals surface area contributed by atoms with Crippen LogP contribution in [-0.2, 0) is 6.54 Å². The third-order valence-corrected chi connectivity index (χ3v) is 4.10. The third kappa shape index (κ3) is 3.58. The lowest BCUT2D eigenvalue weighted by atomic mass is 10.1. The molecule has 0 aliphatic heterocycles. The van der Waals surface area contributed by atoms with E-state index in [4.69, 9.17) is 0 Å². The Hall–Kier alpha value is -1.32. The minimum Gasteiger partial charge on any atom is -0.389 e. The van der Waals surface area contributed by atoms with Gasteiger partial charge in [0.2, 0.25) is 0 Å². The molecule has 0 bridgehead atoms. The van der Waals surface area contributed by atoms with E-state index in [2.05, 4.69) is 48.4 Å². The predicted octanol–water partition coefficient (Wildman–Crippen LogP) is 4.22. The zero-order valence-corrected chi connectivity index (χ0v) is 12.5. The van der Waals surface area contributed by atoms with E-state index in [1.807, 2.05) is 12.1 Å². The molecule has 102 valence electrons. The van der Waals surface area contributed by atoms with Crippen molar-refractivity contribution in [2.24, 2.45) is 0 Å². The van der Waals surface area contributed by atoms with Gasteiger partial charge in [0.15, 0.2) is 0 Å². The predicted molar refractivity (Wildman–Crippen MR) is 82.7 cm³/mol. The number of anilines is 1. The molecule has 3 heteroatoms. The minimum atomic E-state index is -0.404. The maximum Gasteiger partial charge on any atom is 0.0761 e. The molecule has 0 aliphatic carbocycles. The molecule has 0 fully saturated rings. The lowest BCUT2D eigenvalue weighted by molar-refractivity contribution is 0.199. The Morgan fingerprint density at radius 2 is 1.79 bits per heavy atom. The molecular weight excluding hydrogens is 254 g/mol. The summed E-state index contributed by atoms with van der Waals surface area (Å²) < 4.78 is 0. The van der Waals surface area contributed by atoms with Gasteiger partial charge < -0.3 is 10.0 Å². The van der Waals surface area contributed by atoms with Crippen LogP contribution in [0.4, 0.5) is 5.69 Å². The van der Waals surface area contributed by atoms with Gasteiger partial charge in [-0.25, -0.2) is 0 Å². The van der Waals surface area contributed by atoms with E-state index in [0.29, 0.717) is 6.04 Å². The summed E-state index contributed by atoms with van der Waals surface area (Å²) in [7, 11) is 0. The van der Waals surface area contributed by atoms with Gasteiger partial charge in [0.05, 0.1) is 12.6 Å². The van der Waals surface area contributed by atoms with Crippen molar-refractivity contribution < 1.29 is 5.11 Å². The molecule has 1 atom stereocenters. The van der Waals surface area contributed by atoms with Crippen LogP contribution in [0.5, 0.6) is 0 Å². The van der Waals surface area contributed by atoms with E-state index >= 15 is 0 Å². The van der Waals surface area contributed by atoms with Crippen LogP contribution in [0.15, 0.2) is 41.8 Å². The molecule has 1 unspecified atom stereocenters. The molecule has 1 aromatic carbocycles. The van der Waals surface area contributed by atoms with Crippen LogP contribution < -0.4 is 4.90 Å². The van der Waals surface area contributed by atoms with Gasteiger partial charge in [-0.05, 0) is 49.9 Å². The molecule has 19 heavy (non-hydrogen) atoms. The fourth-order valence-corrected chi connectivity index (χ4v) is 2.79. The third-order valence-electron chi connectivity index (χ3n) is 3.24. The highest BCUT2D eigenvalue weighted by Crippen LogP contribution is 2.24. The lowest BCUT2D eigenvalue weighted by Gasteiger charge is -2.29. The molecule has 1 aromatic heterocycles. The van der Waals surface area contributed by atoms with E-state index in [1.54, 1.807) is 18.3 Å². The Kier molecular flexibility index (Phi) is 4.61. The molecular formula is C16H21NOS. The van der Waals surface area contributed by atoms with Crippen molar-refractivity contribution in [3.05, 3.63) is 52.2 Å². The maximum atomic E-state index is 9.56. The standard InChI is InChI=1S/C16H21NOS/c1-12(2)17(11-16-5-4-10-19-16)15-8-6-14(7-9-15)13(3)18/h4-10,12-13,18H,11H2,1-3H3. The van der Waals surface area contributed by atoms with E-state index in [1.165, 1.54) is 10.6 Å². The minimum absolute atomic E-state index is 0.404. The second-order valence-electron chi connectivity index (χ2n) is 5.07. The zero-order chi connectivity index (χ0) is 13.8. The maximum absolute atomic E-state index is 9.56. The first-order valence-electron chi connectivity index (χ1n) is 6.65. The highest BCUT2D eigenvalue weighted by molar-refractivity contribution is 7.09. The van der Waals surface area contributed by atoms with Crippen LogP contribution in [-0.4, -0.2) is 11.1 Å². The zero-order valence-electron chi connectivity index (χ0n) is 11.7. The van der Waals surface area contributed by atoms with Crippen LogP contribution in [0.1, 0.15) is 37.3 Å². The van der Waals surface area contributed by atoms with Crippen molar-refractivity contribution in [2.75, 3.05) is 4.90 Å². The monoisotopic (exact) mass is 275 g/mol. The van der Waals surface area contributed by atoms with Gasteiger partial charge in [-0.1, -0.05) is 18.2 Å². The van der Waals surface area contributed by atoms with Gasteiger partial charge in [0, 0.05) is 16.6 Å². The van der Waals surface area contributed by atoms with E-state index in [0.717, 1.165) is 12.1 Å². The van der Waals surface area contributed by atoms with Crippen molar-refractivity contribution in [1.29, 1.82) is 0 Å².